The largest absolute Gasteiger partial charge is 0.348 e. The fourth-order valence-corrected chi connectivity index (χ4v) is 2.55. The summed E-state index contributed by atoms with van der Waals surface area (Å²) in [4.78, 5) is 29.0. The Balaban J connectivity index is 0.00000288. The molecule has 1 aromatic carbocycles. The van der Waals surface area contributed by atoms with Crippen LogP contribution in [0.25, 0.3) is 10.9 Å². The quantitative estimate of drug-likeness (QED) is 0.779. The van der Waals surface area contributed by atoms with Crippen LogP contribution in [0.2, 0.25) is 0 Å². The number of fused-ring (bicyclic) bond motifs is 1. The van der Waals surface area contributed by atoms with E-state index in [-0.39, 0.29) is 36.3 Å². The first-order chi connectivity index (χ1) is 10.8. The number of halogens is 2. The van der Waals surface area contributed by atoms with E-state index >= 15 is 0 Å². The third-order valence-electron chi connectivity index (χ3n) is 4.22. The van der Waals surface area contributed by atoms with Crippen LogP contribution in [0.15, 0.2) is 33.8 Å². The van der Waals surface area contributed by atoms with Gasteiger partial charge in [0.05, 0.1) is 22.8 Å². The van der Waals surface area contributed by atoms with Crippen LogP contribution in [0.4, 0.5) is 0 Å². The molecule has 0 bridgehead atoms. The van der Waals surface area contributed by atoms with Gasteiger partial charge in [0.1, 0.15) is 6.54 Å². The molecule has 0 saturated carbocycles. The fourth-order valence-electron chi connectivity index (χ4n) is 2.19. The van der Waals surface area contributed by atoms with Gasteiger partial charge >= 0.3 is 0 Å². The number of hydrogen-bond acceptors (Lipinski definition) is 4. The lowest BCUT2D eigenvalue weighted by Crippen LogP contribution is -2.56. The summed E-state index contributed by atoms with van der Waals surface area (Å²) < 4.78 is 2.10. The van der Waals surface area contributed by atoms with E-state index in [0.29, 0.717) is 17.4 Å². The molecule has 1 heterocycles. The SMILES string of the molecule is CC(C)C(C)(CN)NC(=O)Cn1cnc2ccc(Br)cc2c1=O.Cl. The van der Waals surface area contributed by atoms with Gasteiger partial charge in [-0.05, 0) is 31.0 Å². The summed E-state index contributed by atoms with van der Waals surface area (Å²) in [5.41, 5.74) is 5.62. The van der Waals surface area contributed by atoms with E-state index in [0.717, 1.165) is 4.47 Å². The maximum atomic E-state index is 12.5. The van der Waals surface area contributed by atoms with Gasteiger partial charge in [0.15, 0.2) is 0 Å². The number of hydrogen-bond donors (Lipinski definition) is 2. The maximum absolute atomic E-state index is 12.5. The highest BCUT2D eigenvalue weighted by atomic mass is 79.9. The second-order valence-corrected chi connectivity index (χ2v) is 7.08. The predicted octanol–water partition coefficient (Wildman–Crippen LogP) is 2.07. The van der Waals surface area contributed by atoms with Crippen LogP contribution in [0, 0.1) is 5.92 Å². The van der Waals surface area contributed by atoms with E-state index in [9.17, 15) is 9.59 Å². The molecule has 0 radical (unpaired) electrons. The molecule has 2 aromatic rings. The Kier molecular flexibility index (Phi) is 6.95. The van der Waals surface area contributed by atoms with E-state index < -0.39 is 5.54 Å². The molecule has 0 spiro atoms. The van der Waals surface area contributed by atoms with Crippen LogP contribution < -0.4 is 16.6 Å². The molecule has 6 nitrogen and oxygen atoms in total. The summed E-state index contributed by atoms with van der Waals surface area (Å²) in [7, 11) is 0. The summed E-state index contributed by atoms with van der Waals surface area (Å²) in [6, 6.07) is 5.29. The van der Waals surface area contributed by atoms with Gasteiger partial charge in [0.2, 0.25) is 5.91 Å². The lowest BCUT2D eigenvalue weighted by molar-refractivity contribution is -0.123. The van der Waals surface area contributed by atoms with Crippen molar-refractivity contribution < 1.29 is 4.79 Å². The Labute approximate surface area is 155 Å². The number of nitrogens with two attached hydrogens (primary N) is 1. The van der Waals surface area contributed by atoms with Crippen molar-refractivity contribution in [3.05, 3.63) is 39.4 Å². The molecule has 8 heteroatoms. The number of carbonyl (C=O) groups is 1. The molecule has 132 valence electrons. The Bertz CT molecular complexity index is 793. The molecule has 1 amide bonds. The summed E-state index contributed by atoms with van der Waals surface area (Å²) in [6.07, 6.45) is 1.40. The van der Waals surface area contributed by atoms with Gasteiger partial charge in [0.25, 0.3) is 5.56 Å². The number of benzene rings is 1. The van der Waals surface area contributed by atoms with Gasteiger partial charge in [0, 0.05) is 11.0 Å². The van der Waals surface area contributed by atoms with Crippen molar-refractivity contribution in [1.29, 1.82) is 0 Å². The van der Waals surface area contributed by atoms with Crippen molar-refractivity contribution in [3.63, 3.8) is 0 Å². The average molecular weight is 418 g/mol. The maximum Gasteiger partial charge on any atom is 0.261 e. The number of rotatable bonds is 5. The first-order valence-corrected chi connectivity index (χ1v) is 8.22. The Morgan fingerprint density at radius 3 is 2.71 bits per heavy atom. The lowest BCUT2D eigenvalue weighted by atomic mass is 9.88. The van der Waals surface area contributed by atoms with E-state index in [4.69, 9.17) is 5.73 Å². The Morgan fingerprint density at radius 2 is 2.12 bits per heavy atom. The van der Waals surface area contributed by atoms with Crippen LogP contribution >= 0.6 is 28.3 Å². The molecule has 0 aliphatic rings. The van der Waals surface area contributed by atoms with Crippen LogP contribution in [0.5, 0.6) is 0 Å². The van der Waals surface area contributed by atoms with Gasteiger partial charge in [-0.25, -0.2) is 4.98 Å². The first kappa shape index (κ1) is 20.6. The van der Waals surface area contributed by atoms with Gasteiger partial charge in [-0.3, -0.25) is 14.2 Å². The van der Waals surface area contributed by atoms with Gasteiger partial charge in [-0.15, -0.1) is 12.4 Å². The summed E-state index contributed by atoms with van der Waals surface area (Å²) in [5.74, 6) is -0.0799. The average Bonchev–Trinajstić information content (AvgIpc) is 2.50. The topological polar surface area (TPSA) is 90.0 Å². The zero-order chi connectivity index (χ0) is 17.2. The second-order valence-electron chi connectivity index (χ2n) is 6.16. The number of aromatic nitrogens is 2. The fraction of sp³-hybridized carbons (Fsp3) is 0.438. The Morgan fingerprint density at radius 1 is 1.46 bits per heavy atom. The van der Waals surface area contributed by atoms with Crippen LogP contribution in [-0.2, 0) is 11.3 Å². The lowest BCUT2D eigenvalue weighted by Gasteiger charge is -2.33. The molecule has 0 fully saturated rings. The third-order valence-corrected chi connectivity index (χ3v) is 4.72. The molecule has 0 saturated heterocycles. The molecule has 1 atom stereocenters. The molecule has 0 aliphatic carbocycles. The van der Waals surface area contributed by atoms with E-state index in [1.807, 2.05) is 26.8 Å². The highest BCUT2D eigenvalue weighted by Crippen LogP contribution is 2.16. The van der Waals surface area contributed by atoms with Gasteiger partial charge in [-0.1, -0.05) is 29.8 Å². The summed E-state index contributed by atoms with van der Waals surface area (Å²) in [6.45, 7) is 6.13. The van der Waals surface area contributed by atoms with Crippen molar-refractivity contribution >= 4 is 45.1 Å². The monoisotopic (exact) mass is 416 g/mol. The zero-order valence-corrected chi connectivity index (χ0v) is 16.3. The van der Waals surface area contributed by atoms with E-state index in [1.54, 1.807) is 12.1 Å². The highest BCUT2D eigenvalue weighted by molar-refractivity contribution is 9.10. The number of nitrogens with one attached hydrogen (secondary N) is 1. The molecule has 24 heavy (non-hydrogen) atoms. The van der Waals surface area contributed by atoms with Crippen LogP contribution in [0.3, 0.4) is 0 Å². The summed E-state index contributed by atoms with van der Waals surface area (Å²) >= 11 is 3.34. The van der Waals surface area contributed by atoms with E-state index in [1.165, 1.54) is 10.9 Å². The number of carbonyl (C=O) groups excluding carboxylic acids is 1. The molecule has 1 unspecified atom stereocenters. The second kappa shape index (κ2) is 8.09. The minimum atomic E-state index is -0.506. The van der Waals surface area contributed by atoms with Crippen molar-refractivity contribution in [3.8, 4) is 0 Å². The minimum absolute atomic E-state index is 0. The number of amides is 1. The highest BCUT2D eigenvalue weighted by Gasteiger charge is 2.28. The normalized spacial score (nSPS) is 13.4. The summed E-state index contributed by atoms with van der Waals surface area (Å²) in [5, 5.41) is 3.39. The van der Waals surface area contributed by atoms with E-state index in [2.05, 4.69) is 26.2 Å². The van der Waals surface area contributed by atoms with Crippen molar-refractivity contribution in [2.75, 3.05) is 6.54 Å². The van der Waals surface area contributed by atoms with Crippen molar-refractivity contribution in [2.24, 2.45) is 11.7 Å². The molecule has 2 rings (SSSR count). The predicted molar refractivity (Wildman–Crippen MR) is 101 cm³/mol. The van der Waals surface area contributed by atoms with Crippen molar-refractivity contribution in [1.82, 2.24) is 14.9 Å². The van der Waals surface area contributed by atoms with Crippen molar-refractivity contribution in [2.45, 2.75) is 32.9 Å². The number of nitrogens with zero attached hydrogens (tertiary/aromatic N) is 2. The third kappa shape index (κ3) is 4.34. The standard InChI is InChI=1S/C16H21BrN4O2.ClH/c1-10(2)16(3,8-18)20-14(22)7-21-9-19-13-5-4-11(17)6-12(13)15(21)23;/h4-6,9-10H,7-8,18H2,1-3H3,(H,20,22);1H. The molecule has 3 N–H and O–H groups in total. The first-order valence-electron chi connectivity index (χ1n) is 7.42. The van der Waals surface area contributed by atoms with Gasteiger partial charge in [-0.2, -0.15) is 0 Å². The molecular formula is C16H22BrClN4O2. The minimum Gasteiger partial charge on any atom is -0.348 e. The zero-order valence-electron chi connectivity index (χ0n) is 13.9. The van der Waals surface area contributed by atoms with Crippen LogP contribution in [-0.4, -0.2) is 27.5 Å². The Hall–Kier alpha value is -1.44. The molecule has 1 aromatic heterocycles. The van der Waals surface area contributed by atoms with Gasteiger partial charge < -0.3 is 11.1 Å². The molecular weight excluding hydrogens is 396 g/mol. The molecule has 0 aliphatic heterocycles. The smallest absolute Gasteiger partial charge is 0.261 e. The van der Waals surface area contributed by atoms with Crippen LogP contribution in [0.1, 0.15) is 20.8 Å².